The average Bonchev–Trinajstić information content (AvgIpc) is 1.98. The van der Waals surface area contributed by atoms with Crippen LogP contribution in [0.15, 0.2) is 0 Å². The van der Waals surface area contributed by atoms with Crippen LogP contribution in [0.3, 0.4) is 0 Å². The van der Waals surface area contributed by atoms with E-state index in [4.69, 9.17) is 10.5 Å². The van der Waals surface area contributed by atoms with E-state index in [2.05, 4.69) is 13.8 Å². The van der Waals surface area contributed by atoms with E-state index < -0.39 is 11.7 Å². The van der Waals surface area contributed by atoms with E-state index in [1.54, 1.807) is 13.8 Å². The molecule has 0 heterocycles. The summed E-state index contributed by atoms with van der Waals surface area (Å²) < 4.78 is 4.98. The molecule has 0 saturated carbocycles. The third kappa shape index (κ3) is 7.19. The summed E-state index contributed by atoms with van der Waals surface area (Å²) in [5, 5.41) is 9.20. The Hall–Kier alpha value is -0.770. The summed E-state index contributed by atoms with van der Waals surface area (Å²) in [6.07, 6.45) is 0.786. The molecular formula is C11H23NO3. The summed E-state index contributed by atoms with van der Waals surface area (Å²) in [4.78, 5) is 10.6. The highest BCUT2D eigenvalue weighted by molar-refractivity contribution is 5.65. The predicted octanol–water partition coefficient (Wildman–Crippen LogP) is 1.91. The molecule has 15 heavy (non-hydrogen) atoms. The molecule has 0 fully saturated rings. The maximum atomic E-state index is 10.6. The van der Waals surface area contributed by atoms with Crippen LogP contribution in [-0.4, -0.2) is 23.4 Å². The minimum Gasteiger partial charge on any atom is -0.444 e. The first-order valence-corrected chi connectivity index (χ1v) is 5.36. The Bertz CT molecular complexity index is 202. The van der Waals surface area contributed by atoms with E-state index in [0.717, 1.165) is 6.42 Å². The third-order valence-corrected chi connectivity index (χ3v) is 2.22. The molecule has 0 bridgehead atoms. The Balaban J connectivity index is 4.20. The quantitative estimate of drug-likeness (QED) is 0.713. The molecule has 0 aliphatic rings. The van der Waals surface area contributed by atoms with Crippen molar-refractivity contribution >= 4 is 6.09 Å². The summed E-state index contributed by atoms with van der Waals surface area (Å²) in [5.74, 6) is 0.672. The van der Waals surface area contributed by atoms with Crippen molar-refractivity contribution < 1.29 is 14.6 Å². The van der Waals surface area contributed by atoms with Crippen molar-refractivity contribution in [1.29, 1.82) is 0 Å². The van der Waals surface area contributed by atoms with E-state index in [0.29, 0.717) is 12.3 Å². The fourth-order valence-electron chi connectivity index (χ4n) is 1.90. The minimum absolute atomic E-state index is 0.115. The van der Waals surface area contributed by atoms with Gasteiger partial charge in [-0.2, -0.15) is 0 Å². The topological polar surface area (TPSA) is 72.6 Å². The van der Waals surface area contributed by atoms with Crippen LogP contribution in [0, 0.1) is 11.8 Å². The summed E-state index contributed by atoms with van der Waals surface area (Å²) in [7, 11) is 0. The zero-order chi connectivity index (χ0) is 12.1. The fourth-order valence-corrected chi connectivity index (χ4v) is 1.90. The van der Waals surface area contributed by atoms with E-state index >= 15 is 0 Å². The van der Waals surface area contributed by atoms with Crippen LogP contribution >= 0.6 is 0 Å². The first kappa shape index (κ1) is 14.2. The molecule has 4 nitrogen and oxygen atoms in total. The van der Waals surface area contributed by atoms with Crippen molar-refractivity contribution in [2.45, 2.75) is 46.1 Å². The molecule has 0 saturated heterocycles. The van der Waals surface area contributed by atoms with Gasteiger partial charge in [0.25, 0.3) is 0 Å². The summed E-state index contributed by atoms with van der Waals surface area (Å²) in [6.45, 7) is 7.93. The maximum Gasteiger partial charge on any atom is 0.405 e. The lowest BCUT2D eigenvalue weighted by molar-refractivity contribution is 0.0153. The van der Waals surface area contributed by atoms with Crippen LogP contribution in [0.1, 0.15) is 40.5 Å². The Morgan fingerprint density at radius 1 is 1.47 bits per heavy atom. The number of aliphatic hydroxyl groups is 1. The zero-order valence-corrected chi connectivity index (χ0v) is 10.1. The molecule has 1 amide bonds. The standard InChI is InChI=1S/C11H23NO3/c1-8(2)5-9(7-13)6-11(3,4)15-10(12)14/h8-9,13H,5-7H2,1-4H3,(H2,12,14)/t9-/m1/s1. The molecule has 0 aliphatic carbocycles. The van der Waals surface area contributed by atoms with E-state index in [1.165, 1.54) is 0 Å². The largest absolute Gasteiger partial charge is 0.444 e. The van der Waals surface area contributed by atoms with Gasteiger partial charge in [-0.3, -0.25) is 0 Å². The van der Waals surface area contributed by atoms with Crippen LogP contribution < -0.4 is 5.73 Å². The number of rotatable bonds is 6. The second kappa shape index (κ2) is 5.95. The van der Waals surface area contributed by atoms with Gasteiger partial charge in [-0.25, -0.2) is 4.79 Å². The fraction of sp³-hybridized carbons (Fsp3) is 0.909. The molecule has 1 atom stereocenters. The molecular weight excluding hydrogens is 194 g/mol. The van der Waals surface area contributed by atoms with Crippen LogP contribution in [0.5, 0.6) is 0 Å². The molecule has 0 aromatic rings. The van der Waals surface area contributed by atoms with Gasteiger partial charge in [-0.05, 0) is 38.5 Å². The zero-order valence-electron chi connectivity index (χ0n) is 10.1. The van der Waals surface area contributed by atoms with Crippen molar-refractivity contribution in [3.8, 4) is 0 Å². The van der Waals surface area contributed by atoms with Crippen LogP contribution in [0.2, 0.25) is 0 Å². The Morgan fingerprint density at radius 3 is 2.33 bits per heavy atom. The van der Waals surface area contributed by atoms with Gasteiger partial charge in [0.15, 0.2) is 0 Å². The Morgan fingerprint density at radius 2 is 2.00 bits per heavy atom. The third-order valence-electron chi connectivity index (χ3n) is 2.22. The van der Waals surface area contributed by atoms with Gasteiger partial charge >= 0.3 is 6.09 Å². The van der Waals surface area contributed by atoms with E-state index in [1.807, 2.05) is 0 Å². The van der Waals surface area contributed by atoms with Gasteiger partial charge < -0.3 is 15.6 Å². The number of primary amides is 1. The molecule has 0 aromatic heterocycles. The molecule has 0 spiro atoms. The lowest BCUT2D eigenvalue weighted by Gasteiger charge is -2.28. The van der Waals surface area contributed by atoms with Crippen molar-refractivity contribution in [2.24, 2.45) is 17.6 Å². The monoisotopic (exact) mass is 217 g/mol. The van der Waals surface area contributed by atoms with E-state index in [-0.39, 0.29) is 12.5 Å². The Kier molecular flexibility index (Phi) is 5.65. The second-order valence-corrected chi connectivity index (χ2v) is 5.06. The maximum absolute atomic E-state index is 10.6. The van der Waals surface area contributed by atoms with Crippen molar-refractivity contribution in [2.75, 3.05) is 6.61 Å². The minimum atomic E-state index is -0.763. The molecule has 3 N–H and O–H groups in total. The van der Waals surface area contributed by atoms with Crippen molar-refractivity contribution in [3.05, 3.63) is 0 Å². The number of carbonyl (C=O) groups excluding carboxylic acids is 1. The molecule has 0 rings (SSSR count). The first-order chi connectivity index (χ1) is 6.76. The molecule has 0 aliphatic heterocycles. The highest BCUT2D eigenvalue weighted by Crippen LogP contribution is 2.25. The number of carbonyl (C=O) groups is 1. The van der Waals surface area contributed by atoms with Gasteiger partial charge in [0, 0.05) is 6.61 Å². The molecule has 4 heteroatoms. The van der Waals surface area contributed by atoms with Crippen LogP contribution in [0.25, 0.3) is 0 Å². The average molecular weight is 217 g/mol. The number of aliphatic hydroxyl groups excluding tert-OH is 1. The first-order valence-electron chi connectivity index (χ1n) is 5.36. The highest BCUT2D eigenvalue weighted by atomic mass is 16.6. The van der Waals surface area contributed by atoms with E-state index in [9.17, 15) is 9.90 Å². The smallest absolute Gasteiger partial charge is 0.405 e. The highest BCUT2D eigenvalue weighted by Gasteiger charge is 2.26. The molecule has 0 unspecified atom stereocenters. The normalized spacial score (nSPS) is 14.0. The van der Waals surface area contributed by atoms with Gasteiger partial charge in [0.1, 0.15) is 5.60 Å². The van der Waals surface area contributed by atoms with Crippen molar-refractivity contribution in [1.82, 2.24) is 0 Å². The van der Waals surface area contributed by atoms with Gasteiger partial charge in [-0.15, -0.1) is 0 Å². The molecule has 0 aromatic carbocycles. The summed E-state index contributed by atoms with van der Waals surface area (Å²) >= 11 is 0. The summed E-state index contributed by atoms with van der Waals surface area (Å²) in [5.41, 5.74) is 4.37. The van der Waals surface area contributed by atoms with Crippen LogP contribution in [0.4, 0.5) is 4.79 Å². The second-order valence-electron chi connectivity index (χ2n) is 5.06. The van der Waals surface area contributed by atoms with Gasteiger partial charge in [-0.1, -0.05) is 13.8 Å². The SMILES string of the molecule is CC(C)C[C@@H](CO)CC(C)(C)OC(N)=O. The number of amides is 1. The van der Waals surface area contributed by atoms with Gasteiger partial charge in [0.2, 0.25) is 0 Å². The molecule has 90 valence electrons. The lowest BCUT2D eigenvalue weighted by Crippen LogP contribution is -2.34. The van der Waals surface area contributed by atoms with Crippen LogP contribution in [-0.2, 0) is 4.74 Å². The Labute approximate surface area is 91.8 Å². The summed E-state index contributed by atoms with van der Waals surface area (Å²) in [6, 6.07) is 0. The molecule has 0 radical (unpaired) electrons. The number of ether oxygens (including phenoxy) is 1. The predicted molar refractivity (Wildman–Crippen MR) is 59.4 cm³/mol. The number of hydrogen-bond donors (Lipinski definition) is 2. The number of nitrogens with two attached hydrogens (primary N) is 1. The lowest BCUT2D eigenvalue weighted by atomic mass is 9.88. The van der Waals surface area contributed by atoms with Gasteiger partial charge in [0.05, 0.1) is 0 Å². The van der Waals surface area contributed by atoms with Crippen molar-refractivity contribution in [3.63, 3.8) is 0 Å². The number of hydrogen-bond acceptors (Lipinski definition) is 3.